The van der Waals surface area contributed by atoms with Crippen LogP contribution in [0.4, 0.5) is 0 Å². The number of hydrogen-bond donors (Lipinski definition) is 0. The molecule has 0 N–H and O–H groups in total. The average Bonchev–Trinajstić information content (AvgIpc) is 2.14. The maximum Gasteiger partial charge on any atom is 0.158 e. The Morgan fingerprint density at radius 2 is 1.83 bits per heavy atom. The van der Waals surface area contributed by atoms with Crippen LogP contribution in [0.2, 0.25) is 0 Å². The molecule has 12 heavy (non-hydrogen) atoms. The van der Waals surface area contributed by atoms with Crippen molar-refractivity contribution in [1.29, 1.82) is 0 Å². The second kappa shape index (κ2) is 3.42. The first-order chi connectivity index (χ1) is 5.86. The van der Waals surface area contributed by atoms with Crippen LogP contribution in [0.15, 0.2) is 11.6 Å². The molecule has 1 nitrogen and oxygen atoms in total. The summed E-state index contributed by atoms with van der Waals surface area (Å²) in [5, 5.41) is 0. The first-order valence-corrected chi connectivity index (χ1v) is 5.10. The fourth-order valence-electron chi connectivity index (χ4n) is 2.13. The van der Waals surface area contributed by atoms with Gasteiger partial charge < -0.3 is 0 Å². The van der Waals surface area contributed by atoms with E-state index in [1.807, 2.05) is 0 Å². The van der Waals surface area contributed by atoms with Crippen LogP contribution in [-0.4, -0.2) is 5.78 Å². The summed E-state index contributed by atoms with van der Waals surface area (Å²) >= 11 is 0. The number of allylic oxidation sites excluding steroid dienone is 2. The molecule has 0 amide bonds. The fraction of sp³-hybridized carbons (Fsp3) is 0.727. The molecule has 0 heterocycles. The molecule has 2 fully saturated rings. The van der Waals surface area contributed by atoms with Crippen molar-refractivity contribution in [2.24, 2.45) is 5.92 Å². The Balaban J connectivity index is 1.91. The van der Waals surface area contributed by atoms with Crippen LogP contribution in [0.5, 0.6) is 0 Å². The second-order valence-electron chi connectivity index (χ2n) is 4.01. The monoisotopic (exact) mass is 164 g/mol. The van der Waals surface area contributed by atoms with Gasteiger partial charge in [0, 0.05) is 6.42 Å². The first-order valence-electron chi connectivity index (χ1n) is 5.10. The van der Waals surface area contributed by atoms with Crippen molar-refractivity contribution in [3.63, 3.8) is 0 Å². The third-order valence-corrected chi connectivity index (χ3v) is 3.07. The lowest BCUT2D eigenvalue weighted by Gasteiger charge is -2.22. The Kier molecular flexibility index (Phi) is 2.29. The molecule has 0 atom stereocenters. The van der Waals surface area contributed by atoms with E-state index in [0.29, 0.717) is 5.78 Å². The van der Waals surface area contributed by atoms with E-state index in [4.69, 9.17) is 0 Å². The molecule has 0 unspecified atom stereocenters. The molecule has 0 aromatic heterocycles. The van der Waals surface area contributed by atoms with Crippen LogP contribution in [0, 0.1) is 5.92 Å². The number of ketones is 1. The predicted molar refractivity (Wildman–Crippen MR) is 48.9 cm³/mol. The zero-order valence-corrected chi connectivity index (χ0v) is 7.51. The van der Waals surface area contributed by atoms with Gasteiger partial charge in [-0.15, -0.1) is 0 Å². The Hall–Kier alpha value is -0.590. The van der Waals surface area contributed by atoms with Gasteiger partial charge in [-0.1, -0.05) is 25.3 Å². The lowest BCUT2D eigenvalue weighted by atomic mass is 9.82. The van der Waals surface area contributed by atoms with Gasteiger partial charge >= 0.3 is 0 Å². The Morgan fingerprint density at radius 1 is 1.08 bits per heavy atom. The summed E-state index contributed by atoms with van der Waals surface area (Å²) in [5.74, 6) is 1.14. The predicted octanol–water partition coefficient (Wildman–Crippen LogP) is 2.86. The van der Waals surface area contributed by atoms with Gasteiger partial charge in [0.1, 0.15) is 0 Å². The van der Waals surface area contributed by atoms with Gasteiger partial charge in [0.25, 0.3) is 0 Å². The van der Waals surface area contributed by atoms with E-state index in [9.17, 15) is 4.79 Å². The molecule has 0 aromatic rings. The van der Waals surface area contributed by atoms with Crippen LogP contribution in [-0.2, 0) is 4.79 Å². The summed E-state index contributed by atoms with van der Waals surface area (Å²) in [6.07, 6.45) is 10.9. The highest BCUT2D eigenvalue weighted by atomic mass is 16.1. The lowest BCUT2D eigenvalue weighted by Crippen LogP contribution is -2.16. The van der Waals surface area contributed by atoms with E-state index in [0.717, 1.165) is 24.3 Å². The Labute approximate surface area is 73.8 Å². The Morgan fingerprint density at radius 3 is 2.33 bits per heavy atom. The van der Waals surface area contributed by atoms with Crippen molar-refractivity contribution in [2.75, 3.05) is 0 Å². The highest BCUT2D eigenvalue weighted by Crippen LogP contribution is 2.29. The van der Waals surface area contributed by atoms with Gasteiger partial charge in [-0.2, -0.15) is 0 Å². The third-order valence-electron chi connectivity index (χ3n) is 3.07. The minimum absolute atomic E-state index is 0.403. The SMILES string of the molecule is O=C1CC/C1=C/C1CCCCC1. The first kappa shape index (κ1) is 8.03. The minimum Gasteiger partial charge on any atom is -0.295 e. The number of rotatable bonds is 1. The molecule has 0 saturated heterocycles. The zero-order chi connectivity index (χ0) is 8.39. The van der Waals surface area contributed by atoms with E-state index in [1.54, 1.807) is 0 Å². The van der Waals surface area contributed by atoms with Crippen molar-refractivity contribution in [3.8, 4) is 0 Å². The summed E-state index contributed by atoms with van der Waals surface area (Å²) in [6.45, 7) is 0. The van der Waals surface area contributed by atoms with Crippen LogP contribution < -0.4 is 0 Å². The zero-order valence-electron chi connectivity index (χ0n) is 7.51. The van der Waals surface area contributed by atoms with Crippen LogP contribution >= 0.6 is 0 Å². The maximum absolute atomic E-state index is 11.0. The number of carbonyl (C=O) groups is 1. The molecule has 0 bridgehead atoms. The maximum atomic E-state index is 11.0. The van der Waals surface area contributed by atoms with Gasteiger partial charge in [0.15, 0.2) is 5.78 Å². The molecule has 2 aliphatic rings. The highest BCUT2D eigenvalue weighted by Gasteiger charge is 2.22. The molecule has 0 radical (unpaired) electrons. The average molecular weight is 164 g/mol. The molecule has 66 valence electrons. The largest absolute Gasteiger partial charge is 0.295 e. The topological polar surface area (TPSA) is 17.1 Å². The van der Waals surface area contributed by atoms with E-state index in [2.05, 4.69) is 6.08 Å². The van der Waals surface area contributed by atoms with E-state index < -0.39 is 0 Å². The number of Topliss-reactive ketones (excluding diaryl/α,β-unsaturated/α-hetero) is 1. The van der Waals surface area contributed by atoms with Crippen molar-refractivity contribution in [3.05, 3.63) is 11.6 Å². The molecular weight excluding hydrogens is 148 g/mol. The molecule has 0 aliphatic heterocycles. The number of carbonyl (C=O) groups excluding carboxylic acids is 1. The molecule has 1 heteroatoms. The summed E-state index contributed by atoms with van der Waals surface area (Å²) in [4.78, 5) is 11.0. The fourth-order valence-corrected chi connectivity index (χ4v) is 2.13. The van der Waals surface area contributed by atoms with Gasteiger partial charge in [0.2, 0.25) is 0 Å². The van der Waals surface area contributed by atoms with Crippen molar-refractivity contribution >= 4 is 5.78 Å². The van der Waals surface area contributed by atoms with Crippen molar-refractivity contribution in [1.82, 2.24) is 0 Å². The number of hydrogen-bond acceptors (Lipinski definition) is 1. The van der Waals surface area contributed by atoms with Crippen LogP contribution in [0.1, 0.15) is 44.9 Å². The van der Waals surface area contributed by atoms with Gasteiger partial charge in [-0.25, -0.2) is 0 Å². The van der Waals surface area contributed by atoms with Crippen molar-refractivity contribution < 1.29 is 4.79 Å². The van der Waals surface area contributed by atoms with E-state index in [-0.39, 0.29) is 0 Å². The smallest absolute Gasteiger partial charge is 0.158 e. The quantitative estimate of drug-likeness (QED) is 0.545. The normalized spacial score (nSPS) is 29.0. The lowest BCUT2D eigenvalue weighted by molar-refractivity contribution is -0.118. The minimum atomic E-state index is 0.403. The van der Waals surface area contributed by atoms with Gasteiger partial charge in [-0.3, -0.25) is 4.79 Å². The standard InChI is InChI=1S/C11H16O/c12-11-7-6-10(11)8-9-4-2-1-3-5-9/h8-9H,1-7H2/b10-8-. The summed E-state index contributed by atoms with van der Waals surface area (Å²) < 4.78 is 0. The van der Waals surface area contributed by atoms with Gasteiger partial charge in [0.05, 0.1) is 0 Å². The third kappa shape index (κ3) is 1.60. The molecule has 0 aromatic carbocycles. The molecular formula is C11H16O. The summed E-state index contributed by atoms with van der Waals surface area (Å²) in [6, 6.07) is 0. The molecule has 2 rings (SSSR count). The van der Waals surface area contributed by atoms with Crippen LogP contribution in [0.3, 0.4) is 0 Å². The summed E-state index contributed by atoms with van der Waals surface area (Å²) in [5.41, 5.74) is 1.13. The second-order valence-corrected chi connectivity index (χ2v) is 4.01. The molecule has 2 aliphatic carbocycles. The van der Waals surface area contributed by atoms with E-state index in [1.165, 1.54) is 32.1 Å². The Bertz CT molecular complexity index is 209. The van der Waals surface area contributed by atoms with Crippen molar-refractivity contribution in [2.45, 2.75) is 44.9 Å². The van der Waals surface area contributed by atoms with E-state index >= 15 is 0 Å². The molecule has 2 saturated carbocycles. The van der Waals surface area contributed by atoms with Gasteiger partial charge in [-0.05, 0) is 30.8 Å². The summed E-state index contributed by atoms with van der Waals surface area (Å²) in [7, 11) is 0. The molecule has 0 spiro atoms. The van der Waals surface area contributed by atoms with Crippen LogP contribution in [0.25, 0.3) is 0 Å². The highest BCUT2D eigenvalue weighted by molar-refractivity contribution is 6.01.